The molecule has 0 unspecified atom stereocenters. The van der Waals surface area contributed by atoms with E-state index in [0.29, 0.717) is 16.3 Å². The van der Waals surface area contributed by atoms with Crippen LogP contribution in [-0.2, 0) is 12.8 Å². The summed E-state index contributed by atoms with van der Waals surface area (Å²) in [5.41, 5.74) is 6.07. The number of alkyl halides is 3. The summed E-state index contributed by atoms with van der Waals surface area (Å²) in [6.45, 7) is -0.370. The first-order valence-electron chi connectivity index (χ1n) is 9.01. The number of carbonyl (C=O) groups excluding carboxylic acids is 1. The minimum atomic E-state index is -4.51. The number of halogens is 3. The summed E-state index contributed by atoms with van der Waals surface area (Å²) in [4.78, 5) is 16.4. The van der Waals surface area contributed by atoms with Gasteiger partial charge in [-0.1, -0.05) is 18.2 Å². The lowest BCUT2D eigenvalue weighted by Gasteiger charge is -2.13. The number of fused-ring (bicyclic) bond motifs is 1. The second-order valence-corrected chi connectivity index (χ2v) is 7.59. The molecule has 160 valence electrons. The van der Waals surface area contributed by atoms with Crippen molar-refractivity contribution in [2.75, 3.05) is 7.11 Å². The van der Waals surface area contributed by atoms with Crippen molar-refractivity contribution in [3.63, 3.8) is 0 Å². The van der Waals surface area contributed by atoms with Gasteiger partial charge in [0.2, 0.25) is 0 Å². The number of thiophene rings is 1. The lowest BCUT2D eigenvalue weighted by atomic mass is 10.1. The molecule has 0 fully saturated rings. The fraction of sp³-hybridized carbons (Fsp3) is 0.143. The smallest absolute Gasteiger partial charge is 0.416 e. The third kappa shape index (κ3) is 4.06. The van der Waals surface area contributed by atoms with Gasteiger partial charge in [0, 0.05) is 17.7 Å². The third-order valence-electron chi connectivity index (χ3n) is 4.61. The number of hydrogen-bond donors (Lipinski definition) is 1. The van der Waals surface area contributed by atoms with Gasteiger partial charge < -0.3 is 15.2 Å². The van der Waals surface area contributed by atoms with Crippen LogP contribution in [0.15, 0.2) is 54.9 Å². The number of rotatable bonds is 6. The van der Waals surface area contributed by atoms with Gasteiger partial charge in [-0.25, -0.2) is 4.98 Å². The summed E-state index contributed by atoms with van der Waals surface area (Å²) in [6.07, 6.45) is -2.94. The lowest BCUT2D eigenvalue weighted by molar-refractivity contribution is -0.138. The van der Waals surface area contributed by atoms with Gasteiger partial charge in [0.15, 0.2) is 0 Å². The van der Waals surface area contributed by atoms with Gasteiger partial charge in [-0.05, 0) is 18.2 Å². The van der Waals surface area contributed by atoms with Crippen LogP contribution in [0.1, 0.15) is 20.8 Å². The number of benzene rings is 2. The van der Waals surface area contributed by atoms with Gasteiger partial charge in [-0.15, -0.1) is 11.3 Å². The Hall–Kier alpha value is -3.53. The van der Waals surface area contributed by atoms with Crippen LogP contribution in [0.2, 0.25) is 0 Å². The highest BCUT2D eigenvalue weighted by atomic mass is 32.1. The van der Waals surface area contributed by atoms with Gasteiger partial charge >= 0.3 is 6.18 Å². The molecule has 0 aliphatic heterocycles. The molecule has 0 spiro atoms. The topological polar surface area (TPSA) is 79.4 Å². The number of ether oxygens (including phenoxy) is 2. The molecule has 0 bridgehead atoms. The minimum Gasteiger partial charge on any atom is -0.497 e. The molecule has 2 aromatic carbocycles. The zero-order valence-electron chi connectivity index (χ0n) is 16.1. The van der Waals surface area contributed by atoms with Crippen LogP contribution in [-0.4, -0.2) is 22.6 Å². The van der Waals surface area contributed by atoms with Gasteiger partial charge in [-0.2, -0.15) is 13.2 Å². The van der Waals surface area contributed by atoms with Crippen molar-refractivity contribution < 1.29 is 27.4 Å². The Morgan fingerprint density at radius 1 is 1.19 bits per heavy atom. The molecule has 31 heavy (non-hydrogen) atoms. The van der Waals surface area contributed by atoms with E-state index in [1.165, 1.54) is 18.2 Å². The van der Waals surface area contributed by atoms with Crippen molar-refractivity contribution >= 4 is 28.3 Å². The fourth-order valence-electron chi connectivity index (χ4n) is 3.13. The molecular weight excluding hydrogens is 431 g/mol. The molecule has 0 atom stereocenters. The Bertz CT molecular complexity index is 1260. The van der Waals surface area contributed by atoms with E-state index in [1.807, 2.05) is 0 Å². The van der Waals surface area contributed by atoms with Crippen LogP contribution in [0.4, 0.5) is 13.2 Å². The fourth-order valence-corrected chi connectivity index (χ4v) is 4.07. The Labute approximate surface area is 178 Å². The molecule has 4 aromatic rings. The molecule has 0 radical (unpaired) electrons. The van der Waals surface area contributed by atoms with Crippen molar-refractivity contribution in [3.05, 3.63) is 70.9 Å². The first kappa shape index (κ1) is 20.7. The standard InChI is InChI=1S/C21H16F3N3O3S/c1-29-13-6-7-15-16(8-13)27(11-26-15)18-9-17(19(31-18)20(25)28)30-10-12-4-2-3-5-14(12)21(22,23)24/h2-9,11H,10H2,1H3,(H2,25,28). The summed E-state index contributed by atoms with van der Waals surface area (Å²) in [5.74, 6) is -0.00672. The lowest BCUT2D eigenvalue weighted by Crippen LogP contribution is -2.13. The summed E-state index contributed by atoms with van der Waals surface area (Å²) < 4.78 is 52.3. The Balaban J connectivity index is 1.69. The van der Waals surface area contributed by atoms with Crippen molar-refractivity contribution in [1.29, 1.82) is 0 Å². The van der Waals surface area contributed by atoms with Gasteiger partial charge in [0.25, 0.3) is 5.91 Å². The molecule has 2 heterocycles. The van der Waals surface area contributed by atoms with E-state index in [4.69, 9.17) is 15.2 Å². The maximum atomic E-state index is 13.2. The van der Waals surface area contributed by atoms with Crippen LogP contribution < -0.4 is 15.2 Å². The van der Waals surface area contributed by atoms with E-state index in [1.54, 1.807) is 42.3 Å². The first-order chi connectivity index (χ1) is 14.8. The zero-order valence-corrected chi connectivity index (χ0v) is 17.0. The molecule has 2 N–H and O–H groups in total. The number of imidazole rings is 1. The largest absolute Gasteiger partial charge is 0.497 e. The molecule has 0 saturated heterocycles. The molecule has 1 amide bonds. The second kappa shape index (κ2) is 7.95. The molecule has 6 nitrogen and oxygen atoms in total. The SMILES string of the molecule is COc1ccc2ncn(-c3cc(OCc4ccccc4C(F)(F)F)c(C(N)=O)s3)c2c1. The Morgan fingerprint density at radius 3 is 2.68 bits per heavy atom. The van der Waals surface area contributed by atoms with E-state index >= 15 is 0 Å². The van der Waals surface area contributed by atoms with Gasteiger partial charge in [0.05, 0.1) is 23.7 Å². The van der Waals surface area contributed by atoms with E-state index in [-0.39, 0.29) is 22.8 Å². The van der Waals surface area contributed by atoms with Gasteiger partial charge in [-0.3, -0.25) is 9.36 Å². The summed E-state index contributed by atoms with van der Waals surface area (Å²) >= 11 is 1.06. The van der Waals surface area contributed by atoms with E-state index in [0.717, 1.165) is 22.9 Å². The number of methoxy groups -OCH3 is 1. The number of primary amides is 1. The van der Waals surface area contributed by atoms with E-state index in [9.17, 15) is 18.0 Å². The predicted molar refractivity (Wildman–Crippen MR) is 110 cm³/mol. The highest BCUT2D eigenvalue weighted by Crippen LogP contribution is 2.36. The van der Waals surface area contributed by atoms with Crippen LogP contribution in [0.5, 0.6) is 11.5 Å². The second-order valence-electron chi connectivity index (χ2n) is 6.56. The van der Waals surface area contributed by atoms with Crippen molar-refractivity contribution in [2.24, 2.45) is 5.73 Å². The molecule has 10 heteroatoms. The number of nitrogens with two attached hydrogens (primary N) is 1. The van der Waals surface area contributed by atoms with Crippen LogP contribution >= 0.6 is 11.3 Å². The highest BCUT2D eigenvalue weighted by Gasteiger charge is 2.33. The normalized spacial score (nSPS) is 11.6. The summed E-state index contributed by atoms with van der Waals surface area (Å²) in [5, 5.41) is 0.573. The first-order valence-corrected chi connectivity index (χ1v) is 9.82. The molecule has 0 aliphatic rings. The average Bonchev–Trinajstić information content (AvgIpc) is 3.35. The quantitative estimate of drug-likeness (QED) is 0.461. The molecule has 0 saturated carbocycles. The molecular formula is C21H16F3N3O3S. The number of carbonyl (C=O) groups is 1. The van der Waals surface area contributed by atoms with Crippen LogP contribution in [0.25, 0.3) is 16.0 Å². The van der Waals surface area contributed by atoms with Crippen LogP contribution in [0.3, 0.4) is 0 Å². The molecule has 4 rings (SSSR count). The molecule has 2 aromatic heterocycles. The highest BCUT2D eigenvalue weighted by molar-refractivity contribution is 7.16. The third-order valence-corrected chi connectivity index (χ3v) is 5.74. The van der Waals surface area contributed by atoms with Crippen molar-refractivity contribution in [2.45, 2.75) is 12.8 Å². The average molecular weight is 447 g/mol. The molecule has 0 aliphatic carbocycles. The minimum absolute atomic E-state index is 0.0454. The monoisotopic (exact) mass is 447 g/mol. The van der Waals surface area contributed by atoms with E-state index < -0.39 is 17.6 Å². The predicted octanol–water partition coefficient (Wildman–Crippen LogP) is 4.79. The summed E-state index contributed by atoms with van der Waals surface area (Å²) in [7, 11) is 1.54. The number of amides is 1. The van der Waals surface area contributed by atoms with Gasteiger partial charge in [0.1, 0.15) is 34.3 Å². The number of nitrogens with zero attached hydrogens (tertiary/aromatic N) is 2. The zero-order chi connectivity index (χ0) is 22.2. The van der Waals surface area contributed by atoms with E-state index in [2.05, 4.69) is 4.98 Å². The Morgan fingerprint density at radius 2 is 1.97 bits per heavy atom. The van der Waals surface area contributed by atoms with Crippen molar-refractivity contribution in [3.8, 4) is 16.5 Å². The Kier molecular flexibility index (Phi) is 5.32. The maximum Gasteiger partial charge on any atom is 0.416 e. The number of aromatic nitrogens is 2. The van der Waals surface area contributed by atoms with Crippen LogP contribution in [0, 0.1) is 0 Å². The maximum absolute atomic E-state index is 13.2. The summed E-state index contributed by atoms with van der Waals surface area (Å²) in [6, 6.07) is 12.0. The number of hydrogen-bond acceptors (Lipinski definition) is 5. The van der Waals surface area contributed by atoms with Crippen molar-refractivity contribution in [1.82, 2.24) is 9.55 Å².